The van der Waals surface area contributed by atoms with Crippen LogP contribution in [0.4, 0.5) is 23.2 Å². The van der Waals surface area contributed by atoms with Crippen LogP contribution in [0.2, 0.25) is 5.02 Å². The van der Waals surface area contributed by atoms with Crippen LogP contribution in [0.25, 0.3) is 0 Å². The first kappa shape index (κ1) is 30.1. The normalized spacial score (nSPS) is 20.3. The van der Waals surface area contributed by atoms with Crippen LogP contribution in [0.3, 0.4) is 0 Å². The first-order chi connectivity index (χ1) is 19.7. The number of nitrogens with zero attached hydrogens (tertiary/aromatic N) is 2. The van der Waals surface area contributed by atoms with Crippen LogP contribution in [0.1, 0.15) is 35.7 Å². The number of carboxylic acid groups (broad SMARTS) is 1. The molecule has 0 aromatic heterocycles. The second kappa shape index (κ2) is 11.4. The highest BCUT2D eigenvalue weighted by molar-refractivity contribution is 7.89. The molecule has 0 saturated heterocycles. The van der Waals surface area contributed by atoms with Crippen molar-refractivity contribution < 1.29 is 35.9 Å². The van der Waals surface area contributed by atoms with Crippen LogP contribution in [-0.2, 0) is 16.4 Å². The number of benzene rings is 2. The van der Waals surface area contributed by atoms with E-state index in [1.54, 1.807) is 12.1 Å². The molecule has 2 aromatic rings. The van der Waals surface area contributed by atoms with Crippen molar-refractivity contribution >= 4 is 33.3 Å². The minimum Gasteiger partial charge on any atom is -0.478 e. The Balaban J connectivity index is 1.42. The molecule has 0 unspecified atom stereocenters. The van der Waals surface area contributed by atoms with Crippen molar-refractivity contribution in [1.29, 1.82) is 0 Å². The number of rotatable bonds is 9. The minimum absolute atomic E-state index is 0.101. The van der Waals surface area contributed by atoms with Gasteiger partial charge in [-0.05, 0) is 78.8 Å². The Morgan fingerprint density at radius 2 is 1.90 bits per heavy atom. The van der Waals surface area contributed by atoms with E-state index < -0.39 is 27.9 Å². The lowest BCUT2D eigenvalue weighted by molar-refractivity contribution is -0.107. The third-order valence-corrected chi connectivity index (χ3v) is 9.93. The summed E-state index contributed by atoms with van der Waals surface area (Å²) in [5.74, 6) is -4.12. The SMILES string of the molecule is C[C@H]1C2=CNN(c3ccc(F)cc3)C2=CC2=C1[C@@H](CN(CCc1ccc(Cl)cc1C(=O)O)S(=O)(=O)CC(F)(F)F)CC2. The van der Waals surface area contributed by atoms with Crippen molar-refractivity contribution in [1.82, 2.24) is 9.73 Å². The zero-order chi connectivity index (χ0) is 30.4. The molecule has 0 bridgehead atoms. The molecule has 13 heteroatoms. The van der Waals surface area contributed by atoms with Crippen molar-refractivity contribution in [2.45, 2.75) is 32.4 Å². The van der Waals surface area contributed by atoms with E-state index in [0.29, 0.717) is 12.8 Å². The number of anilines is 1. The molecule has 0 spiro atoms. The van der Waals surface area contributed by atoms with Crippen LogP contribution in [0.15, 0.2) is 77.2 Å². The third-order valence-electron chi connectivity index (χ3n) is 7.88. The molecule has 0 saturated carbocycles. The smallest absolute Gasteiger partial charge is 0.404 e. The molecule has 2 N–H and O–H groups in total. The lowest BCUT2D eigenvalue weighted by atomic mass is 9.80. The fourth-order valence-corrected chi connectivity index (χ4v) is 7.55. The van der Waals surface area contributed by atoms with Gasteiger partial charge in [0.2, 0.25) is 10.0 Å². The van der Waals surface area contributed by atoms with E-state index in [2.05, 4.69) is 5.43 Å². The highest BCUT2D eigenvalue weighted by atomic mass is 35.5. The molecule has 0 fully saturated rings. The van der Waals surface area contributed by atoms with Crippen LogP contribution < -0.4 is 10.4 Å². The molecular formula is C29H28ClF4N3O4S. The van der Waals surface area contributed by atoms with Gasteiger partial charge in [-0.3, -0.25) is 5.01 Å². The molecule has 2 aliphatic carbocycles. The number of allylic oxidation sites excluding steroid dienone is 3. The number of hydrogen-bond donors (Lipinski definition) is 2. The predicted molar refractivity (Wildman–Crippen MR) is 151 cm³/mol. The molecule has 0 radical (unpaired) electrons. The number of halogens is 5. The predicted octanol–water partition coefficient (Wildman–Crippen LogP) is 6.06. The van der Waals surface area contributed by atoms with Crippen LogP contribution >= 0.6 is 11.6 Å². The van der Waals surface area contributed by atoms with Crippen molar-refractivity contribution in [3.63, 3.8) is 0 Å². The molecule has 224 valence electrons. The zero-order valence-corrected chi connectivity index (χ0v) is 24.0. The summed E-state index contributed by atoms with van der Waals surface area (Å²) in [6.07, 6.45) is -0.0578. The average molecular weight is 626 g/mol. The van der Waals surface area contributed by atoms with Crippen molar-refractivity contribution in [3.05, 3.63) is 99.1 Å². The van der Waals surface area contributed by atoms with Gasteiger partial charge in [0, 0.05) is 35.8 Å². The summed E-state index contributed by atoms with van der Waals surface area (Å²) in [4.78, 5) is 11.7. The van der Waals surface area contributed by atoms with Crippen LogP contribution in [0, 0.1) is 17.7 Å². The van der Waals surface area contributed by atoms with Gasteiger partial charge < -0.3 is 10.5 Å². The lowest BCUT2D eigenvalue weighted by Gasteiger charge is -2.32. The summed E-state index contributed by atoms with van der Waals surface area (Å²) < 4.78 is 80.4. The number of aromatic carboxylic acids is 1. The maximum Gasteiger partial charge on any atom is 0.404 e. The summed E-state index contributed by atoms with van der Waals surface area (Å²) in [5, 5.41) is 11.6. The zero-order valence-electron chi connectivity index (χ0n) is 22.5. The number of carboxylic acids is 1. The average Bonchev–Trinajstić information content (AvgIpc) is 3.51. The third kappa shape index (κ3) is 6.20. The summed E-state index contributed by atoms with van der Waals surface area (Å²) >= 11 is 5.92. The first-order valence-electron chi connectivity index (χ1n) is 13.3. The van der Waals surface area contributed by atoms with Gasteiger partial charge in [-0.1, -0.05) is 30.2 Å². The molecule has 1 heterocycles. The fraction of sp³-hybridized carbons (Fsp3) is 0.345. The Kier molecular flexibility index (Phi) is 8.16. The molecule has 5 rings (SSSR count). The molecule has 7 nitrogen and oxygen atoms in total. The van der Waals surface area contributed by atoms with Gasteiger partial charge in [0.25, 0.3) is 0 Å². The van der Waals surface area contributed by atoms with Gasteiger partial charge in [-0.25, -0.2) is 21.9 Å². The Morgan fingerprint density at radius 3 is 2.57 bits per heavy atom. The largest absolute Gasteiger partial charge is 0.478 e. The molecule has 42 heavy (non-hydrogen) atoms. The van der Waals surface area contributed by atoms with Crippen molar-refractivity contribution in [2.75, 3.05) is 23.9 Å². The number of fused-ring (bicyclic) bond motifs is 1. The Labute approximate surface area is 245 Å². The standard InChI is InChI=1S/C29H28ClF4N3O4S/c1-17-25-14-35-37(23-8-6-22(31)7-9-23)26(25)12-19-2-3-20(27(17)19)15-36(42(40,41)16-29(32,33)34)11-10-18-4-5-21(30)13-24(18)28(38)39/h4-9,12-14,17,20,35H,2-3,10-11,15-16H2,1H3,(H,38,39)/t17-,20+/m0/s1. The summed E-state index contributed by atoms with van der Waals surface area (Å²) in [5.41, 5.74) is 7.82. The molecule has 0 amide bonds. The van der Waals surface area contributed by atoms with Crippen LogP contribution in [-0.4, -0.2) is 48.8 Å². The number of sulfonamides is 1. The van der Waals surface area contributed by atoms with Gasteiger partial charge in [-0.15, -0.1) is 0 Å². The van der Waals surface area contributed by atoms with E-state index in [0.717, 1.165) is 32.4 Å². The Hall–Kier alpha value is -3.35. The summed E-state index contributed by atoms with van der Waals surface area (Å²) in [6, 6.07) is 10.1. The van der Waals surface area contributed by atoms with Gasteiger partial charge in [0.1, 0.15) is 5.82 Å². The molecule has 3 aliphatic rings. The number of nitrogens with one attached hydrogen (secondary N) is 1. The van der Waals surface area contributed by atoms with E-state index in [9.17, 15) is 35.9 Å². The lowest BCUT2D eigenvalue weighted by Crippen LogP contribution is -2.42. The maximum atomic E-state index is 13.5. The topological polar surface area (TPSA) is 89.9 Å². The monoisotopic (exact) mass is 625 g/mol. The maximum absolute atomic E-state index is 13.5. The quantitative estimate of drug-likeness (QED) is 0.329. The van der Waals surface area contributed by atoms with Gasteiger partial charge >= 0.3 is 12.1 Å². The van der Waals surface area contributed by atoms with E-state index in [4.69, 9.17) is 11.6 Å². The summed E-state index contributed by atoms with van der Waals surface area (Å²) in [7, 11) is -4.77. The van der Waals surface area contributed by atoms with Crippen molar-refractivity contribution in [2.24, 2.45) is 11.8 Å². The number of carbonyl (C=O) groups is 1. The van der Waals surface area contributed by atoms with Gasteiger partial charge in [0.15, 0.2) is 5.75 Å². The first-order valence-corrected chi connectivity index (χ1v) is 15.3. The van der Waals surface area contributed by atoms with E-state index in [1.165, 1.54) is 30.3 Å². The van der Waals surface area contributed by atoms with Crippen molar-refractivity contribution in [3.8, 4) is 0 Å². The number of alkyl halides is 3. The Bertz CT molecular complexity index is 1600. The number of hydrazine groups is 1. The highest BCUT2D eigenvalue weighted by Crippen LogP contribution is 2.48. The van der Waals surface area contributed by atoms with Gasteiger partial charge in [-0.2, -0.15) is 13.2 Å². The molecule has 2 atom stereocenters. The molecule has 1 aliphatic heterocycles. The highest BCUT2D eigenvalue weighted by Gasteiger charge is 2.42. The Morgan fingerprint density at radius 1 is 1.19 bits per heavy atom. The minimum atomic E-state index is -4.94. The molecule has 2 aromatic carbocycles. The summed E-state index contributed by atoms with van der Waals surface area (Å²) in [6.45, 7) is 1.49. The van der Waals surface area contributed by atoms with E-state index in [1.807, 2.05) is 24.2 Å². The second-order valence-electron chi connectivity index (χ2n) is 10.6. The van der Waals surface area contributed by atoms with E-state index >= 15 is 0 Å². The molecular weight excluding hydrogens is 598 g/mol. The second-order valence-corrected chi connectivity index (χ2v) is 13.0. The number of hydrogen-bond acceptors (Lipinski definition) is 5. The van der Waals surface area contributed by atoms with Gasteiger partial charge in [0.05, 0.1) is 16.9 Å². The van der Waals surface area contributed by atoms with E-state index in [-0.39, 0.29) is 53.3 Å². The fourth-order valence-electron chi connectivity index (χ4n) is 6.01. The van der Waals surface area contributed by atoms with Crippen LogP contribution in [0.5, 0.6) is 0 Å².